The van der Waals surface area contributed by atoms with Gasteiger partial charge in [0, 0.05) is 6.54 Å². The fourth-order valence-corrected chi connectivity index (χ4v) is 1.13. The third kappa shape index (κ3) is 2.53. The van der Waals surface area contributed by atoms with Crippen molar-refractivity contribution in [3.8, 4) is 5.75 Å². The number of aliphatic hydroxyl groups excluding tert-OH is 1. The molecule has 4 nitrogen and oxygen atoms in total. The first-order valence-electron chi connectivity index (χ1n) is 4.49. The number of nitrogens with one attached hydrogen (secondary N) is 1. The molecular weight excluding hydrogens is 180 g/mol. The van der Waals surface area contributed by atoms with Crippen LogP contribution in [-0.2, 0) is 0 Å². The first kappa shape index (κ1) is 10.7. The predicted octanol–water partition coefficient (Wildman–Crippen LogP) is 1.07. The van der Waals surface area contributed by atoms with Crippen molar-refractivity contribution < 1.29 is 9.84 Å². The average Bonchev–Trinajstić information content (AvgIpc) is 2.16. The molecule has 0 radical (unpaired) electrons. The number of benzene rings is 1. The van der Waals surface area contributed by atoms with Gasteiger partial charge in [0.1, 0.15) is 5.75 Å². The van der Waals surface area contributed by atoms with E-state index in [2.05, 4.69) is 5.32 Å². The molecule has 0 fully saturated rings. The highest BCUT2D eigenvalue weighted by molar-refractivity contribution is 5.72. The number of methoxy groups -OCH3 is 1. The summed E-state index contributed by atoms with van der Waals surface area (Å²) in [5, 5.41) is 12.1. The molecule has 14 heavy (non-hydrogen) atoms. The van der Waals surface area contributed by atoms with E-state index < -0.39 is 6.10 Å². The second kappa shape index (κ2) is 4.72. The van der Waals surface area contributed by atoms with E-state index in [0.717, 1.165) is 5.69 Å². The molecule has 4 heteroatoms. The smallest absolute Gasteiger partial charge is 0.143 e. The number of anilines is 2. The van der Waals surface area contributed by atoms with Crippen molar-refractivity contribution in [2.24, 2.45) is 0 Å². The average molecular weight is 196 g/mol. The van der Waals surface area contributed by atoms with Crippen LogP contribution >= 0.6 is 0 Å². The van der Waals surface area contributed by atoms with Gasteiger partial charge in [0.25, 0.3) is 0 Å². The van der Waals surface area contributed by atoms with Crippen LogP contribution in [0.1, 0.15) is 6.92 Å². The second-order valence-corrected chi connectivity index (χ2v) is 3.15. The van der Waals surface area contributed by atoms with Crippen LogP contribution in [0.4, 0.5) is 11.4 Å². The quantitative estimate of drug-likeness (QED) is 0.630. The first-order chi connectivity index (χ1) is 6.65. The predicted molar refractivity (Wildman–Crippen MR) is 57.6 cm³/mol. The van der Waals surface area contributed by atoms with Crippen LogP contribution < -0.4 is 15.8 Å². The summed E-state index contributed by atoms with van der Waals surface area (Å²) in [5.74, 6) is 0.639. The highest BCUT2D eigenvalue weighted by Crippen LogP contribution is 2.28. The molecule has 0 amide bonds. The SMILES string of the molecule is COc1cccc(NCC(C)O)c1N. The summed E-state index contributed by atoms with van der Waals surface area (Å²) in [6.07, 6.45) is -0.402. The number of hydrogen-bond acceptors (Lipinski definition) is 4. The van der Waals surface area contributed by atoms with E-state index in [9.17, 15) is 0 Å². The van der Waals surface area contributed by atoms with Gasteiger partial charge >= 0.3 is 0 Å². The molecule has 1 aromatic carbocycles. The number of nitrogens with two attached hydrogens (primary N) is 1. The van der Waals surface area contributed by atoms with Crippen LogP contribution in [-0.4, -0.2) is 24.9 Å². The Kier molecular flexibility index (Phi) is 3.59. The van der Waals surface area contributed by atoms with Crippen LogP contribution in [0.2, 0.25) is 0 Å². The van der Waals surface area contributed by atoms with Crippen molar-refractivity contribution in [1.82, 2.24) is 0 Å². The molecule has 0 aromatic heterocycles. The Balaban J connectivity index is 2.76. The number of rotatable bonds is 4. The van der Waals surface area contributed by atoms with Gasteiger partial charge in [0.2, 0.25) is 0 Å². The monoisotopic (exact) mass is 196 g/mol. The molecule has 0 aliphatic rings. The van der Waals surface area contributed by atoms with Gasteiger partial charge in [-0.25, -0.2) is 0 Å². The van der Waals surface area contributed by atoms with Gasteiger partial charge in [0.15, 0.2) is 0 Å². The molecule has 1 rings (SSSR count). The Hall–Kier alpha value is -1.42. The lowest BCUT2D eigenvalue weighted by atomic mass is 10.2. The summed E-state index contributed by atoms with van der Waals surface area (Å²) in [4.78, 5) is 0. The Morgan fingerprint density at radius 2 is 2.29 bits per heavy atom. The van der Waals surface area contributed by atoms with Crippen LogP contribution in [0, 0.1) is 0 Å². The Bertz CT molecular complexity index is 300. The molecule has 1 unspecified atom stereocenters. The topological polar surface area (TPSA) is 67.5 Å². The molecule has 0 spiro atoms. The Morgan fingerprint density at radius 1 is 1.57 bits per heavy atom. The standard InChI is InChI=1S/C10H16N2O2/c1-7(13)6-12-8-4-3-5-9(14-2)10(8)11/h3-5,7,12-13H,6,11H2,1-2H3. The maximum atomic E-state index is 9.10. The maximum absolute atomic E-state index is 9.10. The van der Waals surface area contributed by atoms with Crippen molar-refractivity contribution in [1.29, 1.82) is 0 Å². The van der Waals surface area contributed by atoms with E-state index in [1.807, 2.05) is 12.1 Å². The van der Waals surface area contributed by atoms with Crippen molar-refractivity contribution >= 4 is 11.4 Å². The number of ether oxygens (including phenoxy) is 1. The van der Waals surface area contributed by atoms with E-state index in [1.165, 1.54) is 0 Å². The van der Waals surface area contributed by atoms with Crippen molar-refractivity contribution in [2.45, 2.75) is 13.0 Å². The van der Waals surface area contributed by atoms with Crippen molar-refractivity contribution in [3.05, 3.63) is 18.2 Å². The largest absolute Gasteiger partial charge is 0.495 e. The second-order valence-electron chi connectivity index (χ2n) is 3.15. The van der Waals surface area contributed by atoms with E-state index in [0.29, 0.717) is 18.0 Å². The summed E-state index contributed by atoms with van der Waals surface area (Å²) in [5.41, 5.74) is 7.16. The van der Waals surface area contributed by atoms with E-state index in [-0.39, 0.29) is 0 Å². The molecule has 1 aromatic rings. The zero-order chi connectivity index (χ0) is 10.6. The van der Waals surface area contributed by atoms with E-state index >= 15 is 0 Å². The Morgan fingerprint density at radius 3 is 2.86 bits per heavy atom. The van der Waals surface area contributed by atoms with Crippen LogP contribution in [0.15, 0.2) is 18.2 Å². The fraction of sp³-hybridized carbons (Fsp3) is 0.400. The summed E-state index contributed by atoms with van der Waals surface area (Å²) >= 11 is 0. The summed E-state index contributed by atoms with van der Waals surface area (Å²) in [6, 6.07) is 5.49. The van der Waals surface area contributed by atoms with Gasteiger partial charge < -0.3 is 20.9 Å². The minimum Gasteiger partial charge on any atom is -0.495 e. The summed E-state index contributed by atoms with van der Waals surface area (Å²) in [6.45, 7) is 2.18. The molecule has 0 aliphatic carbocycles. The fourth-order valence-electron chi connectivity index (χ4n) is 1.13. The third-order valence-corrected chi connectivity index (χ3v) is 1.87. The van der Waals surface area contributed by atoms with Gasteiger partial charge in [-0.15, -0.1) is 0 Å². The lowest BCUT2D eigenvalue weighted by Gasteiger charge is -2.12. The molecule has 0 saturated carbocycles. The van der Waals surface area contributed by atoms with Gasteiger partial charge in [0.05, 0.1) is 24.6 Å². The van der Waals surface area contributed by atoms with Crippen LogP contribution in [0.25, 0.3) is 0 Å². The van der Waals surface area contributed by atoms with E-state index in [1.54, 1.807) is 20.1 Å². The van der Waals surface area contributed by atoms with E-state index in [4.69, 9.17) is 15.6 Å². The normalized spacial score (nSPS) is 12.2. The lowest BCUT2D eigenvalue weighted by Crippen LogP contribution is -2.16. The minimum atomic E-state index is -0.402. The third-order valence-electron chi connectivity index (χ3n) is 1.87. The van der Waals surface area contributed by atoms with Gasteiger partial charge in [-0.05, 0) is 19.1 Å². The van der Waals surface area contributed by atoms with Crippen molar-refractivity contribution in [3.63, 3.8) is 0 Å². The van der Waals surface area contributed by atoms with Gasteiger partial charge in [-0.2, -0.15) is 0 Å². The number of para-hydroxylation sites is 1. The minimum absolute atomic E-state index is 0.402. The zero-order valence-corrected chi connectivity index (χ0v) is 8.45. The number of nitrogen functional groups attached to an aromatic ring is 1. The van der Waals surface area contributed by atoms with Gasteiger partial charge in [-0.3, -0.25) is 0 Å². The van der Waals surface area contributed by atoms with Crippen LogP contribution in [0.3, 0.4) is 0 Å². The number of hydrogen-bond donors (Lipinski definition) is 3. The summed E-state index contributed by atoms with van der Waals surface area (Å²) < 4.78 is 5.06. The molecule has 4 N–H and O–H groups in total. The molecule has 0 bridgehead atoms. The highest BCUT2D eigenvalue weighted by Gasteiger charge is 2.04. The first-order valence-corrected chi connectivity index (χ1v) is 4.49. The molecule has 0 heterocycles. The summed E-state index contributed by atoms with van der Waals surface area (Å²) in [7, 11) is 1.57. The molecular formula is C10H16N2O2. The van der Waals surface area contributed by atoms with Gasteiger partial charge in [-0.1, -0.05) is 6.07 Å². The lowest BCUT2D eigenvalue weighted by molar-refractivity contribution is 0.208. The molecule has 78 valence electrons. The Labute approximate surface area is 83.7 Å². The molecule has 1 atom stereocenters. The van der Waals surface area contributed by atoms with Crippen molar-refractivity contribution in [2.75, 3.05) is 24.7 Å². The molecule has 0 saturated heterocycles. The van der Waals surface area contributed by atoms with Crippen LogP contribution in [0.5, 0.6) is 5.75 Å². The molecule has 0 aliphatic heterocycles. The highest BCUT2D eigenvalue weighted by atomic mass is 16.5. The number of aliphatic hydroxyl groups is 1. The zero-order valence-electron chi connectivity index (χ0n) is 8.45. The maximum Gasteiger partial charge on any atom is 0.143 e.